The Balaban J connectivity index is 2.88. The van der Waals surface area contributed by atoms with E-state index in [2.05, 4.69) is 32.5 Å². The first-order chi connectivity index (χ1) is 12.7. The number of carbonyl (C=O) groups excluding carboxylic acids is 2. The van der Waals surface area contributed by atoms with Gasteiger partial charge in [-0.15, -0.1) is 6.42 Å². The van der Waals surface area contributed by atoms with Crippen molar-refractivity contribution in [3.05, 3.63) is 34.3 Å². The van der Waals surface area contributed by atoms with E-state index in [0.717, 1.165) is 10.0 Å². The molecule has 2 amide bonds. The summed E-state index contributed by atoms with van der Waals surface area (Å²) >= 11 is 3.39. The van der Waals surface area contributed by atoms with Crippen LogP contribution in [0.1, 0.15) is 39.3 Å². The number of halogens is 1. The average molecular weight is 439 g/mol. The maximum atomic E-state index is 12.8. The van der Waals surface area contributed by atoms with Crippen LogP contribution in [0, 0.1) is 18.3 Å². The summed E-state index contributed by atoms with van der Waals surface area (Å²) in [5.74, 6) is 1.97. The molecular weight excluding hydrogens is 412 g/mol. The Morgan fingerprint density at radius 1 is 1.15 bits per heavy atom. The third kappa shape index (κ3) is 8.46. The summed E-state index contributed by atoms with van der Waals surface area (Å²) in [5, 5.41) is 5.56. The highest BCUT2D eigenvalue weighted by atomic mass is 79.9. The Bertz CT molecular complexity index is 653. The van der Waals surface area contributed by atoms with E-state index >= 15 is 0 Å². The van der Waals surface area contributed by atoms with Gasteiger partial charge in [-0.25, -0.2) is 4.79 Å². The molecule has 2 N–H and O–H groups in total. The van der Waals surface area contributed by atoms with Gasteiger partial charge in [-0.05, 0) is 37.5 Å². The molecule has 2 unspecified atom stereocenters. The molecule has 0 aliphatic rings. The third-order valence-electron chi connectivity index (χ3n) is 3.62. The highest BCUT2D eigenvalue weighted by Crippen LogP contribution is 2.18. The van der Waals surface area contributed by atoms with Gasteiger partial charge in [0.1, 0.15) is 12.6 Å². The minimum absolute atomic E-state index is 0.123. The Kier molecular flexibility index (Phi) is 9.90. The number of rotatable bonds is 9. The summed E-state index contributed by atoms with van der Waals surface area (Å²) in [4.78, 5) is 24.7. The maximum Gasteiger partial charge on any atom is 0.408 e. The van der Waals surface area contributed by atoms with Crippen LogP contribution in [-0.2, 0) is 14.3 Å². The first-order valence-electron chi connectivity index (χ1n) is 8.78. The predicted molar refractivity (Wildman–Crippen MR) is 108 cm³/mol. The summed E-state index contributed by atoms with van der Waals surface area (Å²) in [6.07, 6.45) is 4.33. The lowest BCUT2D eigenvalue weighted by atomic mass is 10.0. The molecule has 1 aromatic rings. The van der Waals surface area contributed by atoms with E-state index < -0.39 is 18.2 Å². The highest BCUT2D eigenvalue weighted by Gasteiger charge is 2.27. The van der Waals surface area contributed by atoms with Crippen LogP contribution in [0.3, 0.4) is 0 Å². The van der Waals surface area contributed by atoms with Crippen LogP contribution in [0.4, 0.5) is 4.79 Å². The van der Waals surface area contributed by atoms with E-state index in [-0.39, 0.29) is 31.1 Å². The lowest BCUT2D eigenvalue weighted by Gasteiger charge is -2.26. The average Bonchev–Trinajstić information content (AvgIpc) is 2.58. The molecule has 0 aromatic heterocycles. The standard InChI is InChI=1S/C20H27BrN2O4/c1-6-11-26-12-17(15-7-9-16(21)10-8-15)22-19(24)18(13(2)3)23-20(25)27-14(4)5/h1,7-10,13-14,17-18H,11-12H2,2-5H3,(H,22,24)(H,23,25). The Morgan fingerprint density at radius 2 is 1.78 bits per heavy atom. The van der Waals surface area contributed by atoms with Crippen LogP contribution in [0.15, 0.2) is 28.7 Å². The molecule has 0 fully saturated rings. The normalized spacial score (nSPS) is 13.0. The van der Waals surface area contributed by atoms with Crippen molar-refractivity contribution < 1.29 is 19.1 Å². The van der Waals surface area contributed by atoms with Gasteiger partial charge in [-0.3, -0.25) is 4.79 Å². The van der Waals surface area contributed by atoms with E-state index in [9.17, 15) is 9.59 Å². The number of nitrogens with one attached hydrogen (secondary N) is 2. The van der Waals surface area contributed by atoms with Crippen molar-refractivity contribution in [3.8, 4) is 12.3 Å². The van der Waals surface area contributed by atoms with Crippen LogP contribution < -0.4 is 10.6 Å². The first kappa shape index (κ1) is 23.0. The fourth-order valence-electron chi connectivity index (χ4n) is 2.32. The minimum atomic E-state index is -0.734. The van der Waals surface area contributed by atoms with Crippen molar-refractivity contribution in [1.29, 1.82) is 0 Å². The zero-order valence-corrected chi connectivity index (χ0v) is 17.7. The Morgan fingerprint density at radius 3 is 2.30 bits per heavy atom. The minimum Gasteiger partial charge on any atom is -0.447 e. The summed E-state index contributed by atoms with van der Waals surface area (Å²) < 4.78 is 11.4. The molecule has 0 bridgehead atoms. The van der Waals surface area contributed by atoms with Crippen LogP contribution in [0.25, 0.3) is 0 Å². The maximum absolute atomic E-state index is 12.8. The molecule has 0 spiro atoms. The van der Waals surface area contributed by atoms with Crippen molar-refractivity contribution in [2.24, 2.45) is 5.92 Å². The van der Waals surface area contributed by atoms with Crippen molar-refractivity contribution in [1.82, 2.24) is 10.6 Å². The molecule has 27 heavy (non-hydrogen) atoms. The molecule has 1 aromatic carbocycles. The number of benzene rings is 1. The van der Waals surface area contributed by atoms with Gasteiger partial charge >= 0.3 is 6.09 Å². The summed E-state index contributed by atoms with van der Waals surface area (Å²) in [6, 6.07) is 6.41. The second-order valence-electron chi connectivity index (χ2n) is 6.65. The fraction of sp³-hybridized carbons (Fsp3) is 0.500. The van der Waals surface area contributed by atoms with Crippen LogP contribution in [0.5, 0.6) is 0 Å². The number of hydrogen-bond acceptors (Lipinski definition) is 4. The number of ether oxygens (including phenoxy) is 2. The molecule has 6 nitrogen and oxygen atoms in total. The van der Waals surface area contributed by atoms with Gasteiger partial charge in [0.25, 0.3) is 0 Å². The summed E-state index contributed by atoms with van der Waals surface area (Å²) in [6.45, 7) is 7.56. The Labute approximate surface area is 169 Å². The summed E-state index contributed by atoms with van der Waals surface area (Å²) in [5.41, 5.74) is 0.871. The molecule has 0 saturated carbocycles. The molecule has 7 heteroatoms. The van der Waals surface area contributed by atoms with E-state index in [1.165, 1.54) is 0 Å². The van der Waals surface area contributed by atoms with E-state index in [1.54, 1.807) is 13.8 Å². The van der Waals surface area contributed by atoms with Crippen molar-refractivity contribution in [3.63, 3.8) is 0 Å². The third-order valence-corrected chi connectivity index (χ3v) is 4.15. The van der Waals surface area contributed by atoms with Gasteiger partial charge in [0.2, 0.25) is 5.91 Å². The van der Waals surface area contributed by atoms with Gasteiger partial charge in [-0.1, -0.05) is 47.8 Å². The first-order valence-corrected chi connectivity index (χ1v) is 9.58. The van der Waals surface area contributed by atoms with E-state index in [1.807, 2.05) is 38.1 Å². The quantitative estimate of drug-likeness (QED) is 0.457. The molecule has 1 rings (SSSR count). The van der Waals surface area contributed by atoms with Crippen LogP contribution in [0.2, 0.25) is 0 Å². The van der Waals surface area contributed by atoms with Gasteiger partial charge in [0, 0.05) is 4.47 Å². The lowest BCUT2D eigenvalue weighted by molar-refractivity contribution is -0.125. The molecule has 0 heterocycles. The fourth-order valence-corrected chi connectivity index (χ4v) is 2.59. The molecule has 0 aliphatic carbocycles. The van der Waals surface area contributed by atoms with Gasteiger partial charge in [-0.2, -0.15) is 0 Å². The second kappa shape index (κ2) is 11.6. The van der Waals surface area contributed by atoms with Gasteiger partial charge < -0.3 is 20.1 Å². The topological polar surface area (TPSA) is 76.7 Å². The van der Waals surface area contributed by atoms with Gasteiger partial charge in [0.15, 0.2) is 0 Å². The van der Waals surface area contributed by atoms with Crippen LogP contribution in [-0.4, -0.2) is 37.4 Å². The molecule has 0 saturated heterocycles. The highest BCUT2D eigenvalue weighted by molar-refractivity contribution is 9.10. The predicted octanol–water partition coefficient (Wildman–Crippen LogP) is 3.42. The van der Waals surface area contributed by atoms with E-state index in [0.29, 0.717) is 0 Å². The molecule has 0 radical (unpaired) electrons. The number of amides is 2. The summed E-state index contributed by atoms with van der Waals surface area (Å²) in [7, 11) is 0. The van der Waals surface area contributed by atoms with Crippen molar-refractivity contribution in [2.75, 3.05) is 13.2 Å². The number of alkyl carbamates (subject to hydrolysis) is 1. The molecular formula is C20H27BrN2O4. The van der Waals surface area contributed by atoms with Crippen molar-refractivity contribution >= 4 is 27.9 Å². The number of carbonyl (C=O) groups is 2. The van der Waals surface area contributed by atoms with E-state index in [4.69, 9.17) is 15.9 Å². The van der Waals surface area contributed by atoms with Gasteiger partial charge in [0.05, 0.1) is 18.8 Å². The Hall–Kier alpha value is -2.04. The lowest BCUT2D eigenvalue weighted by Crippen LogP contribution is -2.51. The smallest absolute Gasteiger partial charge is 0.408 e. The van der Waals surface area contributed by atoms with Crippen molar-refractivity contribution in [2.45, 2.75) is 45.9 Å². The second-order valence-corrected chi connectivity index (χ2v) is 7.57. The zero-order chi connectivity index (χ0) is 20.4. The monoisotopic (exact) mass is 438 g/mol. The van der Waals surface area contributed by atoms with Crippen LogP contribution >= 0.6 is 15.9 Å². The molecule has 2 atom stereocenters. The molecule has 148 valence electrons. The molecule has 0 aliphatic heterocycles. The zero-order valence-electron chi connectivity index (χ0n) is 16.1. The SMILES string of the molecule is C#CCOCC(NC(=O)C(NC(=O)OC(C)C)C(C)C)c1ccc(Br)cc1. The number of hydrogen-bond donors (Lipinski definition) is 2. The number of terminal acetylenes is 1. The largest absolute Gasteiger partial charge is 0.447 e.